The summed E-state index contributed by atoms with van der Waals surface area (Å²) in [6.07, 6.45) is -4.44. The molecule has 0 unspecified atom stereocenters. The van der Waals surface area contributed by atoms with E-state index < -0.39 is 30.7 Å². The first-order valence-electron chi connectivity index (χ1n) is 8.08. The minimum absolute atomic E-state index is 0.238. The van der Waals surface area contributed by atoms with Crippen molar-refractivity contribution in [1.82, 2.24) is 9.80 Å². The molecule has 2 rings (SSSR count). The first-order valence-corrected chi connectivity index (χ1v) is 8.08. The number of halogens is 3. The van der Waals surface area contributed by atoms with Crippen molar-refractivity contribution < 1.29 is 32.6 Å². The summed E-state index contributed by atoms with van der Waals surface area (Å²) < 4.78 is 41.7. The standard InChI is InChI=1S/C17H21F3N2O4/c1-21(2)7-8-22(10-15(23)24)16(25)13-9-12(13)11-5-3-4-6-14(11)26-17(18,19)20/h3-6,12-13H,7-10H2,1-2H3,(H,23,24)/t12-,13-/m0/s1. The predicted molar refractivity (Wildman–Crippen MR) is 86.7 cm³/mol. The van der Waals surface area contributed by atoms with Gasteiger partial charge in [-0.25, -0.2) is 0 Å². The third-order valence-corrected chi connectivity index (χ3v) is 4.11. The Labute approximate surface area is 149 Å². The Kier molecular flexibility index (Phi) is 6.12. The Hall–Kier alpha value is -2.29. The molecule has 9 heteroatoms. The van der Waals surface area contributed by atoms with Crippen LogP contribution in [0.3, 0.4) is 0 Å². The van der Waals surface area contributed by atoms with Gasteiger partial charge in [-0.3, -0.25) is 9.59 Å². The zero-order valence-electron chi connectivity index (χ0n) is 14.5. The summed E-state index contributed by atoms with van der Waals surface area (Å²) in [7, 11) is 3.60. The smallest absolute Gasteiger partial charge is 0.480 e. The SMILES string of the molecule is CN(C)CCN(CC(=O)O)C(=O)[C@H]1C[C@H]1c1ccccc1OC(F)(F)F. The van der Waals surface area contributed by atoms with Gasteiger partial charge in [0.15, 0.2) is 0 Å². The molecule has 6 nitrogen and oxygen atoms in total. The van der Waals surface area contributed by atoms with Crippen molar-refractivity contribution in [1.29, 1.82) is 0 Å². The Balaban J connectivity index is 2.10. The van der Waals surface area contributed by atoms with Crippen LogP contribution in [0.1, 0.15) is 17.9 Å². The summed E-state index contributed by atoms with van der Waals surface area (Å²) in [4.78, 5) is 26.7. The maximum atomic E-state index is 12.6. The molecule has 1 fully saturated rings. The zero-order valence-corrected chi connectivity index (χ0v) is 14.5. The molecule has 144 valence electrons. The molecule has 1 N–H and O–H groups in total. The normalized spacial score (nSPS) is 19.3. The number of carbonyl (C=O) groups excluding carboxylic acids is 1. The van der Waals surface area contributed by atoms with Crippen molar-refractivity contribution in [2.24, 2.45) is 5.92 Å². The number of benzene rings is 1. The second-order valence-corrected chi connectivity index (χ2v) is 6.49. The number of carbonyl (C=O) groups is 2. The van der Waals surface area contributed by atoms with Crippen LogP contribution in [-0.2, 0) is 9.59 Å². The van der Waals surface area contributed by atoms with Crippen LogP contribution in [0.25, 0.3) is 0 Å². The molecule has 0 aliphatic heterocycles. The van der Waals surface area contributed by atoms with Gasteiger partial charge in [0.05, 0.1) is 0 Å². The van der Waals surface area contributed by atoms with Gasteiger partial charge >= 0.3 is 12.3 Å². The van der Waals surface area contributed by atoms with Crippen LogP contribution in [0.4, 0.5) is 13.2 Å². The van der Waals surface area contributed by atoms with Gasteiger partial charge in [-0.2, -0.15) is 0 Å². The van der Waals surface area contributed by atoms with E-state index in [-0.39, 0.29) is 18.2 Å². The number of aliphatic carboxylic acids is 1. The number of para-hydroxylation sites is 1. The van der Waals surface area contributed by atoms with Gasteiger partial charge in [0.2, 0.25) is 5.91 Å². The highest BCUT2D eigenvalue weighted by molar-refractivity contribution is 5.86. The third-order valence-electron chi connectivity index (χ3n) is 4.11. The number of alkyl halides is 3. The predicted octanol–water partition coefficient (Wildman–Crippen LogP) is 2.16. The summed E-state index contributed by atoms with van der Waals surface area (Å²) in [6.45, 7) is 0.294. The van der Waals surface area contributed by atoms with Gasteiger partial charge < -0.3 is 19.6 Å². The Morgan fingerprint density at radius 3 is 2.46 bits per heavy atom. The van der Waals surface area contributed by atoms with Crippen LogP contribution >= 0.6 is 0 Å². The first-order chi connectivity index (χ1) is 12.1. The molecule has 0 bridgehead atoms. The van der Waals surface area contributed by atoms with Crippen molar-refractivity contribution in [3.63, 3.8) is 0 Å². The maximum absolute atomic E-state index is 12.6. The second-order valence-electron chi connectivity index (χ2n) is 6.49. The highest BCUT2D eigenvalue weighted by atomic mass is 19.4. The Morgan fingerprint density at radius 2 is 1.88 bits per heavy atom. The monoisotopic (exact) mass is 374 g/mol. The molecule has 2 atom stereocenters. The fraction of sp³-hybridized carbons (Fsp3) is 0.529. The quantitative estimate of drug-likeness (QED) is 0.755. The van der Waals surface area contributed by atoms with Crippen LogP contribution in [0.5, 0.6) is 5.75 Å². The lowest BCUT2D eigenvalue weighted by Crippen LogP contribution is -2.41. The van der Waals surface area contributed by atoms with E-state index in [1.807, 2.05) is 4.90 Å². The number of carboxylic acids is 1. The van der Waals surface area contributed by atoms with Crippen molar-refractivity contribution >= 4 is 11.9 Å². The van der Waals surface area contributed by atoms with Crippen molar-refractivity contribution in [3.05, 3.63) is 29.8 Å². The number of rotatable bonds is 8. The number of carboxylic acid groups (broad SMARTS) is 1. The summed E-state index contributed by atoms with van der Waals surface area (Å²) in [5.74, 6) is -2.75. The van der Waals surface area contributed by atoms with Crippen LogP contribution in [0, 0.1) is 5.92 Å². The van der Waals surface area contributed by atoms with E-state index in [9.17, 15) is 22.8 Å². The number of likely N-dealkylation sites (N-methyl/N-ethyl adjacent to an activating group) is 1. The Morgan fingerprint density at radius 1 is 1.23 bits per heavy atom. The zero-order chi connectivity index (χ0) is 19.5. The van der Waals surface area contributed by atoms with E-state index in [4.69, 9.17) is 5.11 Å². The lowest BCUT2D eigenvalue weighted by atomic mass is 10.1. The first kappa shape index (κ1) is 20.0. The summed E-state index contributed by atoms with van der Waals surface area (Å²) >= 11 is 0. The van der Waals surface area contributed by atoms with Crippen molar-refractivity contribution in [2.45, 2.75) is 18.7 Å². The second kappa shape index (κ2) is 7.94. The summed E-state index contributed by atoms with van der Waals surface area (Å²) in [6, 6.07) is 5.72. The van der Waals surface area contributed by atoms with Gasteiger partial charge in [0.1, 0.15) is 12.3 Å². The fourth-order valence-electron chi connectivity index (χ4n) is 2.80. The van der Waals surface area contributed by atoms with E-state index in [0.29, 0.717) is 18.5 Å². The molecular weight excluding hydrogens is 353 g/mol. The Bertz CT molecular complexity index is 664. The molecule has 1 saturated carbocycles. The average molecular weight is 374 g/mol. The van der Waals surface area contributed by atoms with Crippen LogP contribution in [0.15, 0.2) is 24.3 Å². The van der Waals surface area contributed by atoms with Gasteiger partial charge in [-0.05, 0) is 38.1 Å². The minimum Gasteiger partial charge on any atom is -0.480 e. The summed E-state index contributed by atoms with van der Waals surface area (Å²) in [5.41, 5.74) is 0.311. The third kappa shape index (κ3) is 5.62. The molecule has 0 spiro atoms. The molecular formula is C17H21F3N2O4. The number of hydrogen-bond donors (Lipinski definition) is 1. The average Bonchev–Trinajstić information content (AvgIpc) is 3.29. The van der Waals surface area contributed by atoms with Crippen molar-refractivity contribution in [3.8, 4) is 5.75 Å². The van der Waals surface area contributed by atoms with E-state index in [1.165, 1.54) is 23.1 Å². The van der Waals surface area contributed by atoms with Gasteiger partial charge in [-0.15, -0.1) is 13.2 Å². The topological polar surface area (TPSA) is 70.1 Å². The van der Waals surface area contributed by atoms with Crippen molar-refractivity contribution in [2.75, 3.05) is 33.7 Å². The molecule has 1 aromatic rings. The van der Waals surface area contributed by atoms with Crippen LogP contribution < -0.4 is 4.74 Å². The molecule has 26 heavy (non-hydrogen) atoms. The molecule has 1 aliphatic carbocycles. The largest absolute Gasteiger partial charge is 0.573 e. The molecule has 1 aromatic carbocycles. The number of nitrogens with zero attached hydrogens (tertiary/aromatic N) is 2. The minimum atomic E-state index is -4.81. The van der Waals surface area contributed by atoms with E-state index in [0.717, 1.165) is 0 Å². The molecule has 1 aliphatic rings. The van der Waals surface area contributed by atoms with Gasteiger partial charge in [-0.1, -0.05) is 18.2 Å². The lowest BCUT2D eigenvalue weighted by Gasteiger charge is -2.23. The molecule has 0 radical (unpaired) electrons. The van der Waals surface area contributed by atoms with Gasteiger partial charge in [0.25, 0.3) is 0 Å². The highest BCUT2D eigenvalue weighted by Gasteiger charge is 2.48. The maximum Gasteiger partial charge on any atom is 0.573 e. The van der Waals surface area contributed by atoms with E-state index in [2.05, 4.69) is 4.74 Å². The van der Waals surface area contributed by atoms with Crippen LogP contribution in [-0.4, -0.2) is 66.9 Å². The van der Waals surface area contributed by atoms with E-state index >= 15 is 0 Å². The molecule has 0 saturated heterocycles. The highest BCUT2D eigenvalue weighted by Crippen LogP contribution is 2.51. The molecule has 1 amide bonds. The van der Waals surface area contributed by atoms with Gasteiger partial charge in [0, 0.05) is 19.0 Å². The summed E-state index contributed by atoms with van der Waals surface area (Å²) in [5, 5.41) is 9.00. The fourth-order valence-corrected chi connectivity index (χ4v) is 2.80. The number of hydrogen-bond acceptors (Lipinski definition) is 4. The molecule has 0 aromatic heterocycles. The molecule has 0 heterocycles. The number of amides is 1. The lowest BCUT2D eigenvalue weighted by molar-refractivity contribution is -0.274. The van der Waals surface area contributed by atoms with Crippen LogP contribution in [0.2, 0.25) is 0 Å². The van der Waals surface area contributed by atoms with E-state index in [1.54, 1.807) is 20.2 Å². The number of ether oxygens (including phenoxy) is 1.